The third kappa shape index (κ3) is 3.20. The Balaban J connectivity index is 1.99. The van der Waals surface area contributed by atoms with Crippen LogP contribution in [0.5, 0.6) is 0 Å². The van der Waals surface area contributed by atoms with E-state index in [0.717, 1.165) is 15.6 Å². The zero-order valence-electron chi connectivity index (χ0n) is 10.8. The molecule has 100 valence electrons. The quantitative estimate of drug-likeness (QED) is 0.939. The maximum Gasteiger partial charge on any atom is 0.244 e. The van der Waals surface area contributed by atoms with Crippen LogP contribution >= 0.6 is 15.9 Å². The lowest BCUT2D eigenvalue weighted by Gasteiger charge is -2.13. The van der Waals surface area contributed by atoms with Gasteiger partial charge in [0, 0.05) is 11.0 Å². The zero-order valence-corrected chi connectivity index (χ0v) is 12.4. The molecule has 2 aromatic rings. The molecule has 1 heterocycles. The van der Waals surface area contributed by atoms with Crippen molar-refractivity contribution in [3.05, 3.63) is 46.5 Å². The largest absolute Gasteiger partial charge is 0.350 e. The summed E-state index contributed by atoms with van der Waals surface area (Å²) in [6.45, 7) is 4.29. The molecule has 19 heavy (non-hydrogen) atoms. The van der Waals surface area contributed by atoms with E-state index in [0.29, 0.717) is 6.54 Å². The molecule has 0 unspecified atom stereocenters. The number of hydrogen-bond donors (Lipinski definition) is 1. The lowest BCUT2D eigenvalue weighted by atomic mass is 10.1. The smallest absolute Gasteiger partial charge is 0.244 e. The molecule has 0 radical (unpaired) electrons. The molecule has 6 heteroatoms. The summed E-state index contributed by atoms with van der Waals surface area (Å²) in [5.41, 5.74) is 2.20. The van der Waals surface area contributed by atoms with Gasteiger partial charge in [0.15, 0.2) is 0 Å². The van der Waals surface area contributed by atoms with Gasteiger partial charge in [-0.1, -0.05) is 34.1 Å². The lowest BCUT2D eigenvalue weighted by Crippen LogP contribution is -2.31. The number of nitrogens with zero attached hydrogens (tertiary/aromatic N) is 3. The number of halogens is 1. The molecule has 0 saturated carbocycles. The summed E-state index contributed by atoms with van der Waals surface area (Å²) in [6, 6.07) is 5.61. The molecule has 1 N–H and O–H groups in total. The molecule has 0 spiro atoms. The number of aromatic nitrogens is 3. The molecule has 2 rings (SSSR count). The van der Waals surface area contributed by atoms with Crippen molar-refractivity contribution in [2.75, 3.05) is 0 Å². The van der Waals surface area contributed by atoms with Crippen LogP contribution in [0.2, 0.25) is 0 Å². The molecule has 1 aromatic heterocycles. The summed E-state index contributed by atoms with van der Waals surface area (Å²) in [5.74, 6) is -0.0843. The average Bonchev–Trinajstić information content (AvgIpc) is 2.93. The van der Waals surface area contributed by atoms with Gasteiger partial charge in [0.25, 0.3) is 0 Å². The molecule has 0 aliphatic carbocycles. The van der Waals surface area contributed by atoms with Gasteiger partial charge in [0.1, 0.15) is 18.7 Å². The highest BCUT2D eigenvalue weighted by molar-refractivity contribution is 9.10. The first-order valence-electron chi connectivity index (χ1n) is 5.95. The van der Waals surface area contributed by atoms with Crippen LogP contribution in [0, 0.1) is 6.92 Å². The first kappa shape index (κ1) is 13.7. The Morgan fingerprint density at radius 1 is 1.53 bits per heavy atom. The Kier molecular flexibility index (Phi) is 4.31. The van der Waals surface area contributed by atoms with Crippen molar-refractivity contribution in [3.63, 3.8) is 0 Å². The third-order valence-electron chi connectivity index (χ3n) is 2.94. The predicted octanol–water partition coefficient (Wildman–Crippen LogP) is 2.23. The lowest BCUT2D eigenvalue weighted by molar-refractivity contribution is -0.124. The van der Waals surface area contributed by atoms with E-state index in [-0.39, 0.29) is 11.9 Å². The van der Waals surface area contributed by atoms with E-state index < -0.39 is 0 Å². The summed E-state index contributed by atoms with van der Waals surface area (Å²) < 4.78 is 2.56. The van der Waals surface area contributed by atoms with Crippen LogP contribution in [0.4, 0.5) is 0 Å². The van der Waals surface area contributed by atoms with Gasteiger partial charge in [-0.3, -0.25) is 4.79 Å². The molecule has 0 aliphatic heterocycles. The van der Waals surface area contributed by atoms with Crippen molar-refractivity contribution in [3.8, 4) is 0 Å². The molecular formula is C13H15BrN4O. The topological polar surface area (TPSA) is 59.8 Å². The highest BCUT2D eigenvalue weighted by Crippen LogP contribution is 2.20. The molecule has 1 atom stereocenters. The standard InChI is InChI=1S/C13H15BrN4O/c1-9-4-3-5-11(12(9)14)6-16-13(19)10(2)18-8-15-7-17-18/h3-5,7-8,10H,6H2,1-2H3,(H,16,19)/t10-/m1/s1. The zero-order chi connectivity index (χ0) is 13.8. The summed E-state index contributed by atoms with van der Waals surface area (Å²) in [6.07, 6.45) is 2.95. The van der Waals surface area contributed by atoms with Crippen LogP contribution in [-0.4, -0.2) is 20.7 Å². The van der Waals surface area contributed by atoms with Gasteiger partial charge in [-0.05, 0) is 25.0 Å². The van der Waals surface area contributed by atoms with Crippen LogP contribution in [-0.2, 0) is 11.3 Å². The fourth-order valence-electron chi connectivity index (χ4n) is 1.71. The minimum absolute atomic E-state index is 0.0843. The SMILES string of the molecule is Cc1cccc(CNC(=O)[C@@H](C)n2cncn2)c1Br. The van der Waals surface area contributed by atoms with Crippen molar-refractivity contribution < 1.29 is 4.79 Å². The molecule has 1 amide bonds. The number of rotatable bonds is 4. The Labute approximate surface area is 120 Å². The number of amides is 1. The number of benzene rings is 1. The first-order valence-corrected chi connectivity index (χ1v) is 6.74. The van der Waals surface area contributed by atoms with E-state index in [2.05, 4.69) is 31.3 Å². The van der Waals surface area contributed by atoms with E-state index in [1.54, 1.807) is 6.92 Å². The predicted molar refractivity (Wildman–Crippen MR) is 75.5 cm³/mol. The van der Waals surface area contributed by atoms with E-state index >= 15 is 0 Å². The van der Waals surface area contributed by atoms with Crippen LogP contribution in [0.1, 0.15) is 24.1 Å². The Morgan fingerprint density at radius 2 is 2.32 bits per heavy atom. The maximum atomic E-state index is 12.0. The Hall–Kier alpha value is -1.69. The summed E-state index contributed by atoms with van der Waals surface area (Å²) in [5, 5.41) is 6.86. The van der Waals surface area contributed by atoms with Gasteiger partial charge < -0.3 is 5.32 Å². The van der Waals surface area contributed by atoms with E-state index in [1.165, 1.54) is 17.3 Å². The van der Waals surface area contributed by atoms with Gasteiger partial charge in [0.05, 0.1) is 0 Å². The van der Waals surface area contributed by atoms with Crippen LogP contribution in [0.3, 0.4) is 0 Å². The second-order valence-electron chi connectivity index (χ2n) is 4.32. The van der Waals surface area contributed by atoms with Crippen molar-refractivity contribution in [2.24, 2.45) is 0 Å². The van der Waals surface area contributed by atoms with Crippen LogP contribution in [0.15, 0.2) is 35.3 Å². The van der Waals surface area contributed by atoms with Crippen molar-refractivity contribution in [2.45, 2.75) is 26.4 Å². The number of carbonyl (C=O) groups is 1. The van der Waals surface area contributed by atoms with Gasteiger partial charge in [-0.25, -0.2) is 9.67 Å². The monoisotopic (exact) mass is 322 g/mol. The van der Waals surface area contributed by atoms with Gasteiger partial charge >= 0.3 is 0 Å². The number of carbonyl (C=O) groups excluding carboxylic acids is 1. The molecule has 0 fully saturated rings. The third-order valence-corrected chi connectivity index (χ3v) is 4.07. The van der Waals surface area contributed by atoms with Gasteiger partial charge in [-0.2, -0.15) is 5.10 Å². The second kappa shape index (κ2) is 5.97. The minimum atomic E-state index is -0.369. The first-order chi connectivity index (χ1) is 9.09. The van der Waals surface area contributed by atoms with Gasteiger partial charge in [-0.15, -0.1) is 0 Å². The minimum Gasteiger partial charge on any atom is -0.350 e. The number of nitrogens with one attached hydrogen (secondary N) is 1. The number of hydrogen-bond acceptors (Lipinski definition) is 3. The maximum absolute atomic E-state index is 12.0. The van der Waals surface area contributed by atoms with Crippen LogP contribution < -0.4 is 5.32 Å². The molecular weight excluding hydrogens is 308 g/mol. The molecule has 0 bridgehead atoms. The average molecular weight is 323 g/mol. The molecule has 1 aromatic carbocycles. The summed E-state index contributed by atoms with van der Waals surface area (Å²) in [4.78, 5) is 15.8. The van der Waals surface area contributed by atoms with E-state index in [9.17, 15) is 4.79 Å². The Bertz CT molecular complexity index is 568. The van der Waals surface area contributed by atoms with Crippen molar-refractivity contribution in [1.82, 2.24) is 20.1 Å². The molecule has 5 nitrogen and oxygen atoms in total. The molecule has 0 saturated heterocycles. The number of aryl methyl sites for hydroxylation is 1. The van der Waals surface area contributed by atoms with Gasteiger partial charge in [0.2, 0.25) is 5.91 Å². The Morgan fingerprint density at radius 3 is 3.00 bits per heavy atom. The molecule has 0 aliphatic rings. The van der Waals surface area contributed by atoms with E-state index in [4.69, 9.17) is 0 Å². The second-order valence-corrected chi connectivity index (χ2v) is 5.11. The summed E-state index contributed by atoms with van der Waals surface area (Å²) in [7, 11) is 0. The van der Waals surface area contributed by atoms with Crippen molar-refractivity contribution in [1.29, 1.82) is 0 Å². The fraction of sp³-hybridized carbons (Fsp3) is 0.308. The normalized spacial score (nSPS) is 12.2. The van der Waals surface area contributed by atoms with Crippen molar-refractivity contribution >= 4 is 21.8 Å². The highest BCUT2D eigenvalue weighted by atomic mass is 79.9. The summed E-state index contributed by atoms with van der Waals surface area (Å²) >= 11 is 3.53. The highest BCUT2D eigenvalue weighted by Gasteiger charge is 2.15. The van der Waals surface area contributed by atoms with Crippen LogP contribution in [0.25, 0.3) is 0 Å². The van der Waals surface area contributed by atoms with E-state index in [1.807, 2.05) is 25.1 Å². The fourth-order valence-corrected chi connectivity index (χ4v) is 2.12.